The summed E-state index contributed by atoms with van der Waals surface area (Å²) in [5, 5.41) is 0.216. The number of hydrogen-bond donors (Lipinski definition) is 1. The van der Waals surface area contributed by atoms with Gasteiger partial charge < -0.3 is 9.80 Å². The third-order valence-electron chi connectivity index (χ3n) is 5.12. The molecule has 0 spiro atoms. The van der Waals surface area contributed by atoms with Crippen molar-refractivity contribution < 1.29 is 9.69 Å². The minimum Gasteiger partial charge on any atom is -0.333 e. The first-order chi connectivity index (χ1) is 11.1. The summed E-state index contributed by atoms with van der Waals surface area (Å²) in [5.41, 5.74) is 2.64. The fraction of sp³-hybridized carbons (Fsp3) is 0.632. The van der Waals surface area contributed by atoms with Crippen molar-refractivity contribution in [3.05, 3.63) is 35.4 Å². The van der Waals surface area contributed by atoms with E-state index >= 15 is 0 Å². The number of nitrogens with one attached hydrogen (secondary N) is 1. The molecule has 1 aromatic carbocycles. The van der Waals surface area contributed by atoms with Gasteiger partial charge in [-0.25, -0.2) is 0 Å². The van der Waals surface area contributed by atoms with E-state index in [-0.39, 0.29) is 5.37 Å². The van der Waals surface area contributed by atoms with Gasteiger partial charge in [-0.2, -0.15) is 0 Å². The minimum atomic E-state index is 0.216. The van der Waals surface area contributed by atoms with Crippen LogP contribution in [-0.4, -0.2) is 42.7 Å². The molecule has 1 aromatic rings. The molecule has 4 heteroatoms. The summed E-state index contributed by atoms with van der Waals surface area (Å²) >= 11 is 1.78. The number of rotatable bonds is 5. The van der Waals surface area contributed by atoms with Gasteiger partial charge in [-0.05, 0) is 36.3 Å². The topological polar surface area (TPSA) is 24.8 Å². The van der Waals surface area contributed by atoms with E-state index in [2.05, 4.69) is 43.0 Å². The molecule has 2 fully saturated rings. The van der Waals surface area contributed by atoms with Crippen molar-refractivity contribution in [2.75, 3.05) is 31.9 Å². The zero-order valence-corrected chi connectivity index (χ0v) is 15.2. The number of benzene rings is 1. The summed E-state index contributed by atoms with van der Waals surface area (Å²) in [7, 11) is 0. The second kappa shape index (κ2) is 7.71. The molecular weight excluding hydrogens is 304 g/mol. The van der Waals surface area contributed by atoms with E-state index < -0.39 is 0 Å². The molecule has 2 aliphatic rings. The number of carbonyl (C=O) groups excluding carboxylic acids is 1. The van der Waals surface area contributed by atoms with E-state index in [1.54, 1.807) is 16.7 Å². The Labute approximate surface area is 144 Å². The number of quaternary nitrogens is 1. The van der Waals surface area contributed by atoms with Gasteiger partial charge in [-0.1, -0.05) is 38.1 Å². The van der Waals surface area contributed by atoms with Gasteiger partial charge >= 0.3 is 0 Å². The van der Waals surface area contributed by atoms with Gasteiger partial charge in [0.25, 0.3) is 0 Å². The molecular formula is C19H29N2OS+. The number of amides is 1. The van der Waals surface area contributed by atoms with E-state index in [1.165, 1.54) is 43.5 Å². The second-order valence-electron chi connectivity index (χ2n) is 7.13. The van der Waals surface area contributed by atoms with E-state index in [1.807, 2.05) is 0 Å². The van der Waals surface area contributed by atoms with Crippen molar-refractivity contribution in [2.45, 2.75) is 44.4 Å². The number of piperidine rings is 1. The van der Waals surface area contributed by atoms with Crippen LogP contribution < -0.4 is 4.90 Å². The zero-order valence-electron chi connectivity index (χ0n) is 14.4. The quantitative estimate of drug-likeness (QED) is 0.895. The third kappa shape index (κ3) is 4.10. The third-order valence-corrected chi connectivity index (χ3v) is 6.38. The Bertz CT molecular complexity index is 523. The van der Waals surface area contributed by atoms with Crippen molar-refractivity contribution in [3.63, 3.8) is 0 Å². The molecule has 2 heterocycles. The van der Waals surface area contributed by atoms with Crippen molar-refractivity contribution in [1.82, 2.24) is 4.90 Å². The average Bonchev–Trinajstić information content (AvgIpc) is 2.95. The number of thioether (sulfide) groups is 1. The maximum Gasteiger partial charge on any atom is 0.234 e. The van der Waals surface area contributed by atoms with E-state index in [9.17, 15) is 4.79 Å². The maximum atomic E-state index is 12.3. The predicted molar refractivity (Wildman–Crippen MR) is 96.9 cm³/mol. The van der Waals surface area contributed by atoms with E-state index in [0.29, 0.717) is 17.6 Å². The summed E-state index contributed by atoms with van der Waals surface area (Å²) < 4.78 is 0. The maximum absolute atomic E-state index is 12.3. The van der Waals surface area contributed by atoms with E-state index in [4.69, 9.17) is 0 Å². The molecule has 0 saturated carbocycles. The molecule has 3 nitrogen and oxygen atoms in total. The molecule has 23 heavy (non-hydrogen) atoms. The van der Waals surface area contributed by atoms with Crippen LogP contribution in [0.25, 0.3) is 0 Å². The van der Waals surface area contributed by atoms with Crippen LogP contribution in [0, 0.1) is 0 Å². The lowest BCUT2D eigenvalue weighted by molar-refractivity contribution is -0.904. The Morgan fingerprint density at radius 3 is 2.52 bits per heavy atom. The Hall–Kier alpha value is -1.00. The number of carbonyl (C=O) groups is 1. The zero-order chi connectivity index (χ0) is 16.2. The molecule has 2 saturated heterocycles. The molecule has 126 valence electrons. The van der Waals surface area contributed by atoms with Crippen LogP contribution in [0.5, 0.6) is 0 Å². The van der Waals surface area contributed by atoms with Crippen LogP contribution in [0.2, 0.25) is 0 Å². The summed E-state index contributed by atoms with van der Waals surface area (Å²) in [4.78, 5) is 16.1. The number of nitrogens with zero attached hydrogens (tertiary/aromatic N) is 1. The number of likely N-dealkylation sites (tertiary alicyclic amines) is 1. The lowest BCUT2D eigenvalue weighted by Gasteiger charge is -2.28. The summed E-state index contributed by atoms with van der Waals surface area (Å²) in [6.07, 6.45) is 4.07. The van der Waals surface area contributed by atoms with Gasteiger partial charge in [0, 0.05) is 0 Å². The second-order valence-corrected chi connectivity index (χ2v) is 8.20. The fourth-order valence-corrected chi connectivity index (χ4v) is 4.82. The smallest absolute Gasteiger partial charge is 0.234 e. The SMILES string of the molecule is CC(C)c1ccc([C@@H]2SCC(=O)N2CC[NH+]2CCCCC2)cc1. The molecule has 0 radical (unpaired) electrons. The molecule has 1 atom stereocenters. The van der Waals surface area contributed by atoms with Gasteiger partial charge in [-0.15, -0.1) is 11.8 Å². The molecule has 3 rings (SSSR count). The highest BCUT2D eigenvalue weighted by atomic mass is 32.2. The Morgan fingerprint density at radius 1 is 1.17 bits per heavy atom. The van der Waals surface area contributed by atoms with Gasteiger partial charge in [0.1, 0.15) is 5.37 Å². The van der Waals surface area contributed by atoms with Gasteiger partial charge in [-0.3, -0.25) is 4.79 Å². The van der Waals surface area contributed by atoms with Gasteiger partial charge in [0.2, 0.25) is 5.91 Å². The van der Waals surface area contributed by atoms with Crippen LogP contribution in [0.3, 0.4) is 0 Å². The first kappa shape index (κ1) is 16.8. The monoisotopic (exact) mass is 333 g/mol. The van der Waals surface area contributed by atoms with Gasteiger partial charge in [0.15, 0.2) is 0 Å². The van der Waals surface area contributed by atoms with Crippen LogP contribution in [-0.2, 0) is 4.79 Å². The van der Waals surface area contributed by atoms with Crippen molar-refractivity contribution >= 4 is 17.7 Å². The summed E-state index contributed by atoms with van der Waals surface area (Å²) in [6, 6.07) is 8.87. The Morgan fingerprint density at radius 2 is 1.87 bits per heavy atom. The van der Waals surface area contributed by atoms with Gasteiger partial charge in [0.05, 0.1) is 31.9 Å². The molecule has 0 aromatic heterocycles. The Balaban J connectivity index is 1.64. The molecule has 0 aliphatic carbocycles. The normalized spacial score (nSPS) is 23.0. The van der Waals surface area contributed by atoms with Crippen molar-refractivity contribution in [2.24, 2.45) is 0 Å². The number of hydrogen-bond acceptors (Lipinski definition) is 2. The van der Waals surface area contributed by atoms with Crippen molar-refractivity contribution in [1.29, 1.82) is 0 Å². The first-order valence-corrected chi connectivity index (χ1v) is 10.0. The standard InChI is InChI=1S/C19H28N2OS/c1-15(2)16-6-8-17(9-7-16)19-21(18(22)14-23-19)13-12-20-10-4-3-5-11-20/h6-9,15,19H,3-5,10-14H2,1-2H3/p+1/t19-/m0/s1. The van der Waals surface area contributed by atoms with Crippen molar-refractivity contribution in [3.8, 4) is 0 Å². The highest BCUT2D eigenvalue weighted by Gasteiger charge is 2.33. The molecule has 1 amide bonds. The predicted octanol–water partition coefficient (Wildman–Crippen LogP) is 2.45. The fourth-order valence-electron chi connectivity index (χ4n) is 3.60. The lowest BCUT2D eigenvalue weighted by atomic mass is 10.0. The summed E-state index contributed by atoms with van der Waals surface area (Å²) in [6.45, 7) is 9.00. The van der Waals surface area contributed by atoms with Crippen LogP contribution >= 0.6 is 11.8 Å². The molecule has 0 unspecified atom stereocenters. The first-order valence-electron chi connectivity index (χ1n) is 8.99. The molecule has 1 N–H and O–H groups in total. The van der Waals surface area contributed by atoms with E-state index in [0.717, 1.165) is 13.1 Å². The van der Waals surface area contributed by atoms with Crippen LogP contribution in [0.15, 0.2) is 24.3 Å². The average molecular weight is 334 g/mol. The molecule has 2 aliphatic heterocycles. The van der Waals surface area contributed by atoms with Crippen LogP contribution in [0.4, 0.5) is 0 Å². The summed E-state index contributed by atoms with van der Waals surface area (Å²) in [5.74, 6) is 1.50. The lowest BCUT2D eigenvalue weighted by Crippen LogP contribution is -3.13. The highest BCUT2D eigenvalue weighted by Crippen LogP contribution is 2.38. The minimum absolute atomic E-state index is 0.216. The molecule has 0 bridgehead atoms. The largest absolute Gasteiger partial charge is 0.333 e. The van der Waals surface area contributed by atoms with Crippen LogP contribution in [0.1, 0.15) is 55.5 Å². The Kier molecular flexibility index (Phi) is 5.65. The highest BCUT2D eigenvalue weighted by molar-refractivity contribution is 8.00.